The monoisotopic (exact) mass is 230 g/mol. The summed E-state index contributed by atoms with van der Waals surface area (Å²) in [4.78, 5) is 22.2. The molecule has 0 saturated carbocycles. The Bertz CT molecular complexity index is 272. The molecular weight excluding hydrogens is 212 g/mol. The van der Waals surface area contributed by atoms with E-state index in [1.807, 2.05) is 0 Å². The van der Waals surface area contributed by atoms with Gasteiger partial charge in [0, 0.05) is 6.54 Å². The van der Waals surface area contributed by atoms with E-state index >= 15 is 0 Å². The zero-order valence-corrected chi connectivity index (χ0v) is 9.32. The smallest absolute Gasteiger partial charge is 0.337 e. The van der Waals surface area contributed by atoms with Crippen LogP contribution >= 0.6 is 0 Å². The summed E-state index contributed by atoms with van der Waals surface area (Å²) in [5.74, 6) is -1.67. The molecule has 1 aliphatic heterocycles. The molecule has 0 radical (unpaired) electrons. The lowest BCUT2D eigenvalue weighted by atomic mass is 9.98. The number of aliphatic carboxylic acids is 1. The first-order valence-electron chi connectivity index (χ1n) is 5.37. The van der Waals surface area contributed by atoms with Gasteiger partial charge in [-0.05, 0) is 26.3 Å². The van der Waals surface area contributed by atoms with Gasteiger partial charge in [-0.15, -0.1) is 0 Å². The first-order chi connectivity index (χ1) is 7.43. The molecule has 0 aromatic carbocycles. The topological polar surface area (TPSA) is 98.7 Å². The van der Waals surface area contributed by atoms with Gasteiger partial charge in [0.05, 0.1) is 12.5 Å². The van der Waals surface area contributed by atoms with Gasteiger partial charge in [-0.25, -0.2) is 4.79 Å². The predicted molar refractivity (Wildman–Crippen MR) is 56.9 cm³/mol. The van der Waals surface area contributed by atoms with Crippen LogP contribution in [-0.2, 0) is 9.59 Å². The van der Waals surface area contributed by atoms with Gasteiger partial charge in [-0.2, -0.15) is 0 Å². The summed E-state index contributed by atoms with van der Waals surface area (Å²) in [6.45, 7) is 2.42. The van der Waals surface area contributed by atoms with E-state index in [1.54, 1.807) is 0 Å². The Hall–Kier alpha value is -1.14. The molecule has 1 aliphatic rings. The van der Waals surface area contributed by atoms with Crippen molar-refractivity contribution in [1.82, 2.24) is 10.6 Å². The van der Waals surface area contributed by atoms with Gasteiger partial charge in [-0.3, -0.25) is 4.79 Å². The third kappa shape index (κ3) is 3.46. The summed E-state index contributed by atoms with van der Waals surface area (Å²) in [5, 5.41) is 23.6. The lowest BCUT2D eigenvalue weighted by Gasteiger charge is -2.24. The fraction of sp³-hybridized carbons (Fsp3) is 0.800. The first kappa shape index (κ1) is 12.9. The van der Waals surface area contributed by atoms with Crippen molar-refractivity contribution in [1.29, 1.82) is 0 Å². The van der Waals surface area contributed by atoms with Crippen molar-refractivity contribution in [3.63, 3.8) is 0 Å². The zero-order chi connectivity index (χ0) is 12.2. The molecule has 2 atom stereocenters. The van der Waals surface area contributed by atoms with Crippen molar-refractivity contribution in [3.8, 4) is 0 Å². The Morgan fingerprint density at radius 2 is 2.25 bits per heavy atom. The summed E-state index contributed by atoms with van der Waals surface area (Å²) in [5.41, 5.74) is -1.91. The Balaban J connectivity index is 2.37. The maximum Gasteiger partial charge on any atom is 0.337 e. The Labute approximate surface area is 94.0 Å². The van der Waals surface area contributed by atoms with Crippen LogP contribution in [0, 0.1) is 5.92 Å². The van der Waals surface area contributed by atoms with Gasteiger partial charge >= 0.3 is 5.97 Å². The van der Waals surface area contributed by atoms with Crippen molar-refractivity contribution < 1.29 is 19.8 Å². The molecule has 1 saturated heterocycles. The average molecular weight is 230 g/mol. The van der Waals surface area contributed by atoms with Gasteiger partial charge in [0.1, 0.15) is 0 Å². The van der Waals surface area contributed by atoms with Gasteiger partial charge in [0.15, 0.2) is 5.60 Å². The molecule has 0 spiro atoms. The van der Waals surface area contributed by atoms with E-state index in [-0.39, 0.29) is 18.4 Å². The van der Waals surface area contributed by atoms with E-state index in [0.29, 0.717) is 6.54 Å². The molecule has 0 aliphatic carbocycles. The highest BCUT2D eigenvalue weighted by Gasteiger charge is 2.31. The van der Waals surface area contributed by atoms with Crippen LogP contribution in [0.3, 0.4) is 0 Å². The maximum atomic E-state index is 11.6. The molecule has 1 rings (SSSR count). The molecule has 6 heteroatoms. The number of carbonyl (C=O) groups excluding carboxylic acids is 1. The largest absolute Gasteiger partial charge is 0.479 e. The van der Waals surface area contributed by atoms with E-state index in [4.69, 9.17) is 5.11 Å². The van der Waals surface area contributed by atoms with Crippen LogP contribution in [0.25, 0.3) is 0 Å². The fourth-order valence-electron chi connectivity index (χ4n) is 1.55. The standard InChI is InChI=1S/C10H18N2O4/c1-10(16,9(14)15)6-12-8(13)7-3-2-4-11-5-7/h7,11,16H,2-6H2,1H3,(H,12,13)(H,14,15)/t7-,10?/m0/s1. The third-order valence-electron chi connectivity index (χ3n) is 2.74. The highest BCUT2D eigenvalue weighted by atomic mass is 16.4. The summed E-state index contributed by atoms with van der Waals surface area (Å²) in [7, 11) is 0. The maximum absolute atomic E-state index is 11.6. The van der Waals surface area contributed by atoms with Gasteiger partial charge in [0.25, 0.3) is 0 Å². The van der Waals surface area contributed by atoms with E-state index in [9.17, 15) is 14.7 Å². The fourth-order valence-corrected chi connectivity index (χ4v) is 1.55. The van der Waals surface area contributed by atoms with Crippen LogP contribution < -0.4 is 10.6 Å². The minimum Gasteiger partial charge on any atom is -0.479 e. The quantitative estimate of drug-likeness (QED) is 0.493. The van der Waals surface area contributed by atoms with Gasteiger partial charge in [0.2, 0.25) is 5.91 Å². The number of carboxylic acids is 1. The third-order valence-corrected chi connectivity index (χ3v) is 2.74. The second-order valence-electron chi connectivity index (χ2n) is 4.34. The van der Waals surface area contributed by atoms with Crippen LogP contribution in [0.15, 0.2) is 0 Å². The molecule has 1 heterocycles. The molecule has 0 aromatic rings. The van der Waals surface area contributed by atoms with E-state index in [1.165, 1.54) is 0 Å². The molecule has 1 amide bonds. The molecule has 16 heavy (non-hydrogen) atoms. The van der Waals surface area contributed by atoms with Crippen LogP contribution in [0.1, 0.15) is 19.8 Å². The second-order valence-corrected chi connectivity index (χ2v) is 4.34. The highest BCUT2D eigenvalue weighted by molar-refractivity contribution is 5.81. The number of rotatable bonds is 4. The number of hydrogen-bond acceptors (Lipinski definition) is 4. The molecule has 0 bridgehead atoms. The molecule has 6 nitrogen and oxygen atoms in total. The van der Waals surface area contributed by atoms with Crippen molar-refractivity contribution >= 4 is 11.9 Å². The Morgan fingerprint density at radius 3 is 2.75 bits per heavy atom. The van der Waals surface area contributed by atoms with Crippen LogP contribution in [0.4, 0.5) is 0 Å². The summed E-state index contributed by atoms with van der Waals surface area (Å²) >= 11 is 0. The predicted octanol–water partition coefficient (Wildman–Crippen LogP) is -1.06. The van der Waals surface area contributed by atoms with E-state index in [0.717, 1.165) is 26.3 Å². The summed E-state index contributed by atoms with van der Waals surface area (Å²) in [6.07, 6.45) is 1.74. The van der Waals surface area contributed by atoms with Gasteiger partial charge in [-0.1, -0.05) is 0 Å². The van der Waals surface area contributed by atoms with Crippen LogP contribution in [0.2, 0.25) is 0 Å². The van der Waals surface area contributed by atoms with Crippen LogP contribution in [0.5, 0.6) is 0 Å². The molecule has 4 N–H and O–H groups in total. The number of carbonyl (C=O) groups is 2. The Kier molecular flexibility index (Phi) is 4.26. The Morgan fingerprint density at radius 1 is 1.56 bits per heavy atom. The lowest BCUT2D eigenvalue weighted by Crippen LogP contribution is -2.49. The zero-order valence-electron chi connectivity index (χ0n) is 9.32. The molecule has 1 fully saturated rings. The minimum absolute atomic E-state index is 0.127. The number of amides is 1. The lowest BCUT2D eigenvalue weighted by molar-refractivity contribution is -0.156. The first-order valence-corrected chi connectivity index (χ1v) is 5.37. The number of piperidine rings is 1. The van der Waals surface area contributed by atoms with E-state index in [2.05, 4.69) is 10.6 Å². The normalized spacial score (nSPS) is 24.5. The van der Waals surface area contributed by atoms with Crippen molar-refractivity contribution in [2.24, 2.45) is 5.92 Å². The number of carboxylic acid groups (broad SMARTS) is 1. The van der Waals surface area contributed by atoms with Crippen molar-refractivity contribution in [3.05, 3.63) is 0 Å². The van der Waals surface area contributed by atoms with Crippen molar-refractivity contribution in [2.45, 2.75) is 25.4 Å². The number of aliphatic hydroxyl groups is 1. The number of hydrogen-bond donors (Lipinski definition) is 4. The van der Waals surface area contributed by atoms with Gasteiger partial charge < -0.3 is 20.8 Å². The molecule has 92 valence electrons. The SMILES string of the molecule is CC(O)(CNC(=O)[C@H]1CCCNC1)C(=O)O. The van der Waals surface area contributed by atoms with E-state index < -0.39 is 11.6 Å². The molecule has 0 aromatic heterocycles. The average Bonchev–Trinajstić information content (AvgIpc) is 2.27. The molecule has 1 unspecified atom stereocenters. The highest BCUT2D eigenvalue weighted by Crippen LogP contribution is 2.10. The minimum atomic E-state index is -1.91. The van der Waals surface area contributed by atoms with Crippen LogP contribution in [-0.4, -0.2) is 47.3 Å². The second kappa shape index (κ2) is 5.27. The summed E-state index contributed by atoms with van der Waals surface area (Å²) < 4.78 is 0. The van der Waals surface area contributed by atoms with Crippen molar-refractivity contribution in [2.75, 3.05) is 19.6 Å². The number of nitrogens with one attached hydrogen (secondary N) is 2. The molecular formula is C10H18N2O4. The summed E-state index contributed by atoms with van der Waals surface area (Å²) in [6, 6.07) is 0.